The van der Waals surface area contributed by atoms with Crippen molar-refractivity contribution < 1.29 is 9.59 Å². The normalized spacial score (nSPS) is 19.6. The minimum absolute atomic E-state index is 0.156. The highest BCUT2D eigenvalue weighted by Crippen LogP contribution is 2.39. The van der Waals surface area contributed by atoms with Crippen LogP contribution in [0.1, 0.15) is 43.0 Å². The highest BCUT2D eigenvalue weighted by molar-refractivity contribution is 5.97. The van der Waals surface area contributed by atoms with Crippen LogP contribution in [0.15, 0.2) is 24.3 Å². The number of benzene rings is 1. The van der Waals surface area contributed by atoms with Crippen molar-refractivity contribution in [1.82, 2.24) is 10.6 Å². The van der Waals surface area contributed by atoms with Crippen LogP contribution < -0.4 is 21.7 Å². The van der Waals surface area contributed by atoms with Crippen LogP contribution in [-0.2, 0) is 0 Å². The summed E-state index contributed by atoms with van der Waals surface area (Å²) >= 11 is 0. The maximum atomic E-state index is 12.5. The van der Waals surface area contributed by atoms with Crippen LogP contribution in [0.3, 0.4) is 0 Å². The minimum atomic E-state index is -0.357. The number of rotatable bonds is 6. The molecule has 3 rings (SSSR count). The van der Waals surface area contributed by atoms with Crippen LogP contribution >= 0.6 is 0 Å². The van der Waals surface area contributed by atoms with E-state index in [1.54, 1.807) is 24.3 Å². The van der Waals surface area contributed by atoms with E-state index in [1.807, 2.05) is 6.92 Å². The SMILES string of the molecule is CC(CN)(NC(=O)c1cccc(NC(=O)NC2CC2)c1)C1CC1. The molecule has 0 saturated heterocycles. The van der Waals surface area contributed by atoms with E-state index in [2.05, 4.69) is 16.0 Å². The molecule has 1 aromatic rings. The lowest BCUT2D eigenvalue weighted by atomic mass is 9.95. The second kappa shape index (κ2) is 6.20. The third-order valence-electron chi connectivity index (χ3n) is 4.60. The van der Waals surface area contributed by atoms with Crippen LogP contribution in [0.2, 0.25) is 0 Å². The molecule has 1 aromatic carbocycles. The van der Waals surface area contributed by atoms with Gasteiger partial charge in [-0.2, -0.15) is 0 Å². The summed E-state index contributed by atoms with van der Waals surface area (Å²) in [5.74, 6) is 0.304. The van der Waals surface area contributed by atoms with Crippen molar-refractivity contribution in [2.24, 2.45) is 11.7 Å². The van der Waals surface area contributed by atoms with Crippen LogP contribution in [0.5, 0.6) is 0 Å². The second-order valence-electron chi connectivity index (χ2n) is 6.80. The molecule has 0 aliphatic heterocycles. The quantitative estimate of drug-likeness (QED) is 0.644. The average Bonchev–Trinajstić information content (AvgIpc) is 3.39. The van der Waals surface area contributed by atoms with E-state index in [0.29, 0.717) is 29.8 Å². The number of hydrogen-bond acceptors (Lipinski definition) is 3. The highest BCUT2D eigenvalue weighted by Gasteiger charge is 2.41. The smallest absolute Gasteiger partial charge is 0.319 e. The number of urea groups is 1. The Morgan fingerprint density at radius 1 is 1.26 bits per heavy atom. The van der Waals surface area contributed by atoms with Crippen LogP contribution in [0.25, 0.3) is 0 Å². The van der Waals surface area contributed by atoms with Crippen molar-refractivity contribution in [2.75, 3.05) is 11.9 Å². The van der Waals surface area contributed by atoms with Crippen LogP contribution in [0.4, 0.5) is 10.5 Å². The summed E-state index contributed by atoms with van der Waals surface area (Å²) in [5, 5.41) is 8.67. The number of amides is 3. The van der Waals surface area contributed by atoms with E-state index >= 15 is 0 Å². The fourth-order valence-corrected chi connectivity index (χ4v) is 2.69. The molecule has 2 saturated carbocycles. The van der Waals surface area contributed by atoms with E-state index in [-0.39, 0.29) is 17.5 Å². The van der Waals surface area contributed by atoms with Gasteiger partial charge in [0.05, 0.1) is 5.54 Å². The van der Waals surface area contributed by atoms with Gasteiger partial charge in [0.2, 0.25) is 0 Å². The predicted molar refractivity (Wildman–Crippen MR) is 89.3 cm³/mol. The van der Waals surface area contributed by atoms with Gasteiger partial charge < -0.3 is 21.7 Å². The highest BCUT2D eigenvalue weighted by atomic mass is 16.2. The van der Waals surface area contributed by atoms with Gasteiger partial charge >= 0.3 is 6.03 Å². The molecule has 0 heterocycles. The molecule has 3 amide bonds. The van der Waals surface area contributed by atoms with Gasteiger partial charge in [-0.15, -0.1) is 0 Å². The van der Waals surface area contributed by atoms with Gasteiger partial charge in [-0.1, -0.05) is 6.07 Å². The van der Waals surface area contributed by atoms with E-state index < -0.39 is 0 Å². The Bertz CT molecular complexity index is 610. The zero-order valence-corrected chi connectivity index (χ0v) is 13.4. The molecule has 1 atom stereocenters. The van der Waals surface area contributed by atoms with Crippen molar-refractivity contribution in [1.29, 1.82) is 0 Å². The van der Waals surface area contributed by atoms with Gasteiger partial charge in [-0.05, 0) is 56.7 Å². The minimum Gasteiger partial charge on any atom is -0.345 e. The second-order valence-corrected chi connectivity index (χ2v) is 6.80. The van der Waals surface area contributed by atoms with Crippen molar-refractivity contribution in [3.05, 3.63) is 29.8 Å². The molecule has 23 heavy (non-hydrogen) atoms. The van der Waals surface area contributed by atoms with Gasteiger partial charge in [0.15, 0.2) is 0 Å². The van der Waals surface area contributed by atoms with Gasteiger partial charge in [-0.3, -0.25) is 4.79 Å². The number of anilines is 1. The molecule has 0 bridgehead atoms. The maximum absolute atomic E-state index is 12.5. The Morgan fingerprint density at radius 3 is 2.61 bits per heavy atom. The Hall–Kier alpha value is -2.08. The lowest BCUT2D eigenvalue weighted by Crippen LogP contribution is -2.53. The molecule has 2 aliphatic rings. The number of nitrogens with one attached hydrogen (secondary N) is 3. The fraction of sp³-hybridized carbons (Fsp3) is 0.529. The van der Waals surface area contributed by atoms with E-state index in [0.717, 1.165) is 25.7 Å². The first-order valence-corrected chi connectivity index (χ1v) is 8.20. The third-order valence-corrected chi connectivity index (χ3v) is 4.60. The first-order valence-electron chi connectivity index (χ1n) is 8.20. The predicted octanol–water partition coefficient (Wildman–Crippen LogP) is 1.83. The molecule has 0 spiro atoms. The zero-order valence-electron chi connectivity index (χ0n) is 13.4. The Kier molecular flexibility index (Phi) is 4.26. The summed E-state index contributed by atoms with van der Waals surface area (Å²) < 4.78 is 0. The Labute approximate surface area is 136 Å². The zero-order chi connectivity index (χ0) is 16.4. The lowest BCUT2D eigenvalue weighted by molar-refractivity contribution is 0.0898. The van der Waals surface area contributed by atoms with Gasteiger partial charge in [0.25, 0.3) is 5.91 Å². The largest absolute Gasteiger partial charge is 0.345 e. The van der Waals surface area contributed by atoms with Crippen LogP contribution in [0, 0.1) is 5.92 Å². The summed E-state index contributed by atoms with van der Waals surface area (Å²) in [4.78, 5) is 24.3. The molecule has 2 aliphatic carbocycles. The van der Waals surface area contributed by atoms with Gasteiger partial charge in [0, 0.05) is 23.8 Å². The number of carbonyl (C=O) groups excluding carboxylic acids is 2. The van der Waals surface area contributed by atoms with Crippen molar-refractivity contribution in [2.45, 2.75) is 44.2 Å². The summed E-state index contributed by atoms with van der Waals surface area (Å²) in [6.07, 6.45) is 4.29. The molecule has 6 heteroatoms. The third kappa shape index (κ3) is 4.01. The Balaban J connectivity index is 1.63. The van der Waals surface area contributed by atoms with Gasteiger partial charge in [-0.25, -0.2) is 4.79 Å². The molecular weight excluding hydrogens is 292 g/mol. The molecule has 5 N–H and O–H groups in total. The molecule has 6 nitrogen and oxygen atoms in total. The molecule has 2 fully saturated rings. The number of nitrogens with two attached hydrogens (primary N) is 1. The lowest BCUT2D eigenvalue weighted by Gasteiger charge is -2.29. The molecular formula is C17H24N4O2. The first kappa shape index (κ1) is 15.8. The van der Waals surface area contributed by atoms with E-state index in [4.69, 9.17) is 5.73 Å². The molecule has 1 unspecified atom stereocenters. The Morgan fingerprint density at radius 2 is 2.00 bits per heavy atom. The average molecular weight is 316 g/mol. The fourth-order valence-electron chi connectivity index (χ4n) is 2.69. The molecule has 124 valence electrons. The van der Waals surface area contributed by atoms with E-state index in [1.165, 1.54) is 0 Å². The van der Waals surface area contributed by atoms with Crippen LogP contribution in [-0.4, -0.2) is 30.1 Å². The van der Waals surface area contributed by atoms with Crippen molar-refractivity contribution in [3.8, 4) is 0 Å². The van der Waals surface area contributed by atoms with E-state index in [9.17, 15) is 9.59 Å². The van der Waals surface area contributed by atoms with Gasteiger partial charge in [0.1, 0.15) is 0 Å². The summed E-state index contributed by atoms with van der Waals surface area (Å²) in [7, 11) is 0. The van der Waals surface area contributed by atoms with Crippen molar-refractivity contribution in [3.63, 3.8) is 0 Å². The maximum Gasteiger partial charge on any atom is 0.319 e. The standard InChI is InChI=1S/C17H24N4O2/c1-17(10-18,12-5-6-12)21-15(22)11-3-2-4-14(9-11)20-16(23)19-13-7-8-13/h2-4,9,12-13H,5-8,10,18H2,1H3,(H,21,22)(H2,19,20,23). The summed E-state index contributed by atoms with van der Waals surface area (Å²) in [6.45, 7) is 2.42. The number of hydrogen-bond donors (Lipinski definition) is 4. The molecule has 0 aromatic heterocycles. The topological polar surface area (TPSA) is 96.2 Å². The summed E-state index contributed by atoms with van der Waals surface area (Å²) in [6, 6.07) is 7.03. The summed E-state index contributed by atoms with van der Waals surface area (Å²) in [5.41, 5.74) is 6.62. The molecule has 0 radical (unpaired) electrons. The first-order chi connectivity index (χ1) is 11.0. The monoisotopic (exact) mass is 316 g/mol. The van der Waals surface area contributed by atoms with Crippen molar-refractivity contribution >= 4 is 17.6 Å². The number of carbonyl (C=O) groups is 2.